The molecule has 0 saturated heterocycles. The summed E-state index contributed by atoms with van der Waals surface area (Å²) in [5, 5.41) is 7.84. The van der Waals surface area contributed by atoms with Gasteiger partial charge < -0.3 is 4.74 Å². The van der Waals surface area contributed by atoms with Gasteiger partial charge in [0.25, 0.3) is 0 Å². The van der Waals surface area contributed by atoms with Crippen LogP contribution < -0.4 is 4.74 Å². The number of allylic oxidation sites excluding steroid dienone is 1. The smallest absolute Gasteiger partial charge is 0.118 e. The van der Waals surface area contributed by atoms with Crippen molar-refractivity contribution in [2.45, 2.75) is 6.92 Å². The Bertz CT molecular complexity index is 377. The van der Waals surface area contributed by atoms with Crippen LogP contribution >= 0.6 is 0 Å². The molecule has 0 saturated carbocycles. The Balaban J connectivity index is 2.82. The first-order chi connectivity index (χ1) is 7.27. The first-order valence-corrected chi connectivity index (χ1v) is 4.61. The van der Waals surface area contributed by atoms with Crippen molar-refractivity contribution in [2.24, 2.45) is 10.2 Å². The SMILES string of the molecule is C=CC=NN=C(C)c1ccc(OC)cc1. The molecule has 0 heterocycles. The largest absolute Gasteiger partial charge is 0.497 e. The Morgan fingerprint density at radius 1 is 1.33 bits per heavy atom. The van der Waals surface area contributed by atoms with Crippen LogP contribution in [-0.2, 0) is 0 Å². The van der Waals surface area contributed by atoms with Crippen LogP contribution in [0.1, 0.15) is 12.5 Å². The second kappa shape index (κ2) is 5.75. The second-order valence-electron chi connectivity index (χ2n) is 2.91. The van der Waals surface area contributed by atoms with E-state index in [4.69, 9.17) is 4.74 Å². The van der Waals surface area contributed by atoms with E-state index in [0.29, 0.717) is 0 Å². The molecule has 1 rings (SSSR count). The summed E-state index contributed by atoms with van der Waals surface area (Å²) in [6, 6.07) is 7.68. The van der Waals surface area contributed by atoms with Crippen molar-refractivity contribution in [3.05, 3.63) is 42.5 Å². The minimum Gasteiger partial charge on any atom is -0.497 e. The Morgan fingerprint density at radius 3 is 2.53 bits per heavy atom. The lowest BCUT2D eigenvalue weighted by Crippen LogP contribution is -1.93. The molecule has 0 aliphatic rings. The number of methoxy groups -OCH3 is 1. The number of rotatable bonds is 4. The third-order valence-electron chi connectivity index (χ3n) is 1.89. The first-order valence-electron chi connectivity index (χ1n) is 4.61. The number of benzene rings is 1. The highest BCUT2D eigenvalue weighted by Crippen LogP contribution is 2.11. The van der Waals surface area contributed by atoms with Crippen molar-refractivity contribution >= 4 is 11.9 Å². The van der Waals surface area contributed by atoms with Crippen LogP contribution in [0.3, 0.4) is 0 Å². The van der Waals surface area contributed by atoms with E-state index in [2.05, 4.69) is 16.8 Å². The molecular formula is C12H14N2O. The van der Waals surface area contributed by atoms with Crippen LogP contribution in [0.25, 0.3) is 0 Å². The predicted octanol–water partition coefficient (Wildman–Crippen LogP) is 2.68. The van der Waals surface area contributed by atoms with Gasteiger partial charge in [0, 0.05) is 6.21 Å². The highest BCUT2D eigenvalue weighted by atomic mass is 16.5. The van der Waals surface area contributed by atoms with Crippen LogP contribution in [0, 0.1) is 0 Å². The normalized spacial score (nSPS) is 11.7. The summed E-state index contributed by atoms with van der Waals surface area (Å²) in [7, 11) is 1.64. The number of hydrogen-bond donors (Lipinski definition) is 0. The van der Waals surface area contributed by atoms with Crippen molar-refractivity contribution in [2.75, 3.05) is 7.11 Å². The van der Waals surface area contributed by atoms with Crippen molar-refractivity contribution in [3.63, 3.8) is 0 Å². The fourth-order valence-corrected chi connectivity index (χ4v) is 1.06. The fraction of sp³-hybridized carbons (Fsp3) is 0.167. The van der Waals surface area contributed by atoms with E-state index in [1.165, 1.54) is 0 Å². The summed E-state index contributed by atoms with van der Waals surface area (Å²) >= 11 is 0. The van der Waals surface area contributed by atoms with E-state index in [9.17, 15) is 0 Å². The molecule has 0 fully saturated rings. The third-order valence-corrected chi connectivity index (χ3v) is 1.89. The highest BCUT2D eigenvalue weighted by Gasteiger charge is 1.96. The molecule has 0 aromatic heterocycles. The number of hydrogen-bond acceptors (Lipinski definition) is 3. The zero-order chi connectivity index (χ0) is 11.1. The maximum atomic E-state index is 5.06. The summed E-state index contributed by atoms with van der Waals surface area (Å²) < 4.78 is 5.06. The summed E-state index contributed by atoms with van der Waals surface area (Å²) in [5.74, 6) is 0.834. The number of ether oxygens (including phenoxy) is 1. The van der Waals surface area contributed by atoms with Crippen molar-refractivity contribution in [3.8, 4) is 5.75 Å². The molecule has 3 heteroatoms. The van der Waals surface area contributed by atoms with Gasteiger partial charge in [0.1, 0.15) is 5.75 Å². The average molecular weight is 202 g/mol. The molecule has 0 aliphatic carbocycles. The van der Waals surface area contributed by atoms with Gasteiger partial charge in [-0.2, -0.15) is 10.2 Å². The lowest BCUT2D eigenvalue weighted by atomic mass is 10.1. The minimum absolute atomic E-state index is 0.834. The maximum Gasteiger partial charge on any atom is 0.118 e. The van der Waals surface area contributed by atoms with Gasteiger partial charge in [-0.15, -0.1) is 0 Å². The maximum absolute atomic E-state index is 5.06. The second-order valence-corrected chi connectivity index (χ2v) is 2.91. The molecule has 1 aromatic rings. The Kier molecular flexibility index (Phi) is 4.29. The molecule has 0 radical (unpaired) electrons. The van der Waals surface area contributed by atoms with Crippen LogP contribution in [-0.4, -0.2) is 19.0 Å². The van der Waals surface area contributed by atoms with Gasteiger partial charge in [0.05, 0.1) is 12.8 Å². The van der Waals surface area contributed by atoms with Crippen molar-refractivity contribution in [1.29, 1.82) is 0 Å². The van der Waals surface area contributed by atoms with Crippen LogP contribution in [0.4, 0.5) is 0 Å². The molecule has 78 valence electrons. The third kappa shape index (κ3) is 3.38. The molecular weight excluding hydrogens is 188 g/mol. The Labute approximate surface area is 89.8 Å². The molecule has 0 atom stereocenters. The molecule has 0 bridgehead atoms. The summed E-state index contributed by atoms with van der Waals surface area (Å²) in [6.45, 7) is 5.42. The minimum atomic E-state index is 0.834. The van der Waals surface area contributed by atoms with E-state index in [0.717, 1.165) is 17.0 Å². The lowest BCUT2D eigenvalue weighted by molar-refractivity contribution is 0.415. The quantitative estimate of drug-likeness (QED) is 0.546. The van der Waals surface area contributed by atoms with E-state index in [1.54, 1.807) is 19.4 Å². The predicted molar refractivity (Wildman–Crippen MR) is 63.9 cm³/mol. The summed E-state index contributed by atoms with van der Waals surface area (Å²) in [4.78, 5) is 0. The van der Waals surface area contributed by atoms with E-state index < -0.39 is 0 Å². The summed E-state index contributed by atoms with van der Waals surface area (Å²) in [5.41, 5.74) is 1.88. The molecule has 0 spiro atoms. The summed E-state index contributed by atoms with van der Waals surface area (Å²) in [6.07, 6.45) is 3.14. The van der Waals surface area contributed by atoms with E-state index >= 15 is 0 Å². The van der Waals surface area contributed by atoms with Crippen LogP contribution in [0.2, 0.25) is 0 Å². The molecule has 0 amide bonds. The Hall–Kier alpha value is -1.90. The van der Waals surface area contributed by atoms with Crippen LogP contribution in [0.5, 0.6) is 5.75 Å². The van der Waals surface area contributed by atoms with E-state index in [1.807, 2.05) is 31.2 Å². The number of nitrogens with zero attached hydrogens (tertiary/aromatic N) is 2. The molecule has 0 N–H and O–H groups in total. The Morgan fingerprint density at radius 2 is 2.00 bits per heavy atom. The van der Waals surface area contributed by atoms with Crippen LogP contribution in [0.15, 0.2) is 47.1 Å². The van der Waals surface area contributed by atoms with Gasteiger partial charge >= 0.3 is 0 Å². The molecule has 15 heavy (non-hydrogen) atoms. The van der Waals surface area contributed by atoms with Gasteiger partial charge in [-0.25, -0.2) is 0 Å². The monoisotopic (exact) mass is 202 g/mol. The first kappa shape index (κ1) is 11.2. The molecule has 3 nitrogen and oxygen atoms in total. The molecule has 0 aliphatic heterocycles. The molecule has 0 unspecified atom stereocenters. The fourth-order valence-electron chi connectivity index (χ4n) is 1.06. The highest BCUT2D eigenvalue weighted by molar-refractivity contribution is 5.98. The van der Waals surface area contributed by atoms with Crippen molar-refractivity contribution < 1.29 is 4.74 Å². The van der Waals surface area contributed by atoms with Gasteiger partial charge in [0.2, 0.25) is 0 Å². The zero-order valence-corrected chi connectivity index (χ0v) is 8.97. The topological polar surface area (TPSA) is 34.0 Å². The zero-order valence-electron chi connectivity index (χ0n) is 8.97. The van der Waals surface area contributed by atoms with Crippen molar-refractivity contribution in [1.82, 2.24) is 0 Å². The molecule has 1 aromatic carbocycles. The average Bonchev–Trinajstić information content (AvgIpc) is 2.29. The van der Waals surface area contributed by atoms with Gasteiger partial charge in [-0.05, 0) is 42.8 Å². The van der Waals surface area contributed by atoms with Gasteiger partial charge in [0.15, 0.2) is 0 Å². The lowest BCUT2D eigenvalue weighted by Gasteiger charge is -2.01. The van der Waals surface area contributed by atoms with Gasteiger partial charge in [-0.1, -0.05) is 6.58 Å². The van der Waals surface area contributed by atoms with E-state index in [-0.39, 0.29) is 0 Å². The standard InChI is InChI=1S/C12H14N2O/c1-4-9-13-14-10(2)11-5-7-12(15-3)8-6-11/h4-9H,1H2,2-3H3. The van der Waals surface area contributed by atoms with Gasteiger partial charge in [-0.3, -0.25) is 0 Å².